The smallest absolute Gasteiger partial charge is 0.270 e. The van der Waals surface area contributed by atoms with Gasteiger partial charge in [-0.2, -0.15) is 0 Å². The molecular formula is C16H25N3O. The van der Waals surface area contributed by atoms with Crippen molar-refractivity contribution in [2.45, 2.75) is 38.1 Å². The lowest BCUT2D eigenvalue weighted by molar-refractivity contribution is 0.0746. The summed E-state index contributed by atoms with van der Waals surface area (Å²) in [4.78, 5) is 14.6. The Morgan fingerprint density at radius 3 is 2.75 bits per heavy atom. The SMILES string of the molecule is CN(CC1CCNCC1)C(=O)c1cccn1C1CCC1. The van der Waals surface area contributed by atoms with Gasteiger partial charge in [-0.05, 0) is 63.2 Å². The Morgan fingerprint density at radius 2 is 2.10 bits per heavy atom. The summed E-state index contributed by atoms with van der Waals surface area (Å²) in [6.07, 6.45) is 8.15. The van der Waals surface area contributed by atoms with Crippen LogP contribution in [0.4, 0.5) is 0 Å². The first-order valence-corrected chi connectivity index (χ1v) is 7.88. The summed E-state index contributed by atoms with van der Waals surface area (Å²) in [6.45, 7) is 3.06. The Labute approximate surface area is 121 Å². The summed E-state index contributed by atoms with van der Waals surface area (Å²) in [6, 6.07) is 4.53. The summed E-state index contributed by atoms with van der Waals surface area (Å²) < 4.78 is 2.19. The number of piperidine rings is 1. The quantitative estimate of drug-likeness (QED) is 0.915. The molecule has 0 bridgehead atoms. The summed E-state index contributed by atoms with van der Waals surface area (Å²) >= 11 is 0. The van der Waals surface area contributed by atoms with E-state index >= 15 is 0 Å². The van der Waals surface area contributed by atoms with Gasteiger partial charge < -0.3 is 14.8 Å². The van der Waals surface area contributed by atoms with Gasteiger partial charge in [0.25, 0.3) is 5.91 Å². The van der Waals surface area contributed by atoms with Crippen molar-refractivity contribution < 1.29 is 4.79 Å². The maximum atomic E-state index is 12.6. The van der Waals surface area contributed by atoms with E-state index in [1.54, 1.807) is 0 Å². The molecule has 20 heavy (non-hydrogen) atoms. The van der Waals surface area contributed by atoms with Crippen molar-refractivity contribution in [2.75, 3.05) is 26.7 Å². The van der Waals surface area contributed by atoms with Crippen LogP contribution in [0.25, 0.3) is 0 Å². The van der Waals surface area contributed by atoms with Crippen molar-refractivity contribution in [3.8, 4) is 0 Å². The molecule has 1 saturated carbocycles. The molecule has 2 heterocycles. The maximum Gasteiger partial charge on any atom is 0.270 e. The highest BCUT2D eigenvalue weighted by atomic mass is 16.2. The van der Waals surface area contributed by atoms with Crippen molar-refractivity contribution >= 4 is 5.91 Å². The fraction of sp³-hybridized carbons (Fsp3) is 0.688. The van der Waals surface area contributed by atoms with Crippen molar-refractivity contribution in [3.63, 3.8) is 0 Å². The van der Waals surface area contributed by atoms with Crippen LogP contribution >= 0.6 is 0 Å². The first-order valence-electron chi connectivity index (χ1n) is 7.88. The first kappa shape index (κ1) is 13.7. The Kier molecular flexibility index (Phi) is 4.10. The Hall–Kier alpha value is -1.29. The number of hydrogen-bond donors (Lipinski definition) is 1. The van der Waals surface area contributed by atoms with Crippen LogP contribution in [-0.4, -0.2) is 42.1 Å². The molecule has 0 atom stereocenters. The number of nitrogens with one attached hydrogen (secondary N) is 1. The van der Waals surface area contributed by atoms with E-state index in [2.05, 4.69) is 16.1 Å². The molecule has 0 radical (unpaired) electrons. The van der Waals surface area contributed by atoms with Gasteiger partial charge in [-0.1, -0.05) is 0 Å². The van der Waals surface area contributed by atoms with E-state index in [-0.39, 0.29) is 5.91 Å². The van der Waals surface area contributed by atoms with Gasteiger partial charge in [0.05, 0.1) is 0 Å². The lowest BCUT2D eigenvalue weighted by atomic mass is 9.92. The fourth-order valence-corrected chi connectivity index (χ4v) is 3.29. The summed E-state index contributed by atoms with van der Waals surface area (Å²) in [5.74, 6) is 0.831. The third-order valence-electron chi connectivity index (χ3n) is 4.80. The Bertz CT molecular complexity index is 458. The highest BCUT2D eigenvalue weighted by molar-refractivity contribution is 5.92. The molecule has 1 aliphatic heterocycles. The molecular weight excluding hydrogens is 250 g/mol. The molecule has 2 aliphatic rings. The normalized spacial score (nSPS) is 20.6. The van der Waals surface area contributed by atoms with E-state index in [1.165, 1.54) is 32.1 Å². The summed E-state index contributed by atoms with van der Waals surface area (Å²) in [7, 11) is 1.95. The standard InChI is InChI=1S/C16H25N3O/c1-18(12-13-7-9-17-10-8-13)16(20)15-6-3-11-19(15)14-4-2-5-14/h3,6,11,13-14,17H,2,4-5,7-10,12H2,1H3. The minimum atomic E-state index is 0.181. The average molecular weight is 275 g/mol. The van der Waals surface area contributed by atoms with Crippen LogP contribution in [-0.2, 0) is 0 Å². The molecule has 1 aromatic rings. The van der Waals surface area contributed by atoms with Crippen LogP contribution in [0.5, 0.6) is 0 Å². The van der Waals surface area contributed by atoms with E-state index in [1.807, 2.05) is 24.1 Å². The molecule has 4 nitrogen and oxygen atoms in total. The zero-order valence-electron chi connectivity index (χ0n) is 12.3. The second-order valence-electron chi connectivity index (χ2n) is 6.26. The number of nitrogens with zero attached hydrogens (tertiary/aromatic N) is 2. The molecule has 1 saturated heterocycles. The van der Waals surface area contributed by atoms with Gasteiger partial charge in [0.2, 0.25) is 0 Å². The minimum absolute atomic E-state index is 0.181. The molecule has 4 heteroatoms. The predicted octanol–water partition coefficient (Wildman–Crippen LogP) is 2.28. The molecule has 0 aromatic carbocycles. The van der Waals surface area contributed by atoms with Gasteiger partial charge in [0.1, 0.15) is 5.69 Å². The Morgan fingerprint density at radius 1 is 1.35 bits per heavy atom. The second kappa shape index (κ2) is 6.00. The van der Waals surface area contributed by atoms with Crippen molar-refractivity contribution in [1.82, 2.24) is 14.8 Å². The second-order valence-corrected chi connectivity index (χ2v) is 6.26. The van der Waals surface area contributed by atoms with Crippen LogP contribution in [0.1, 0.15) is 48.6 Å². The molecule has 2 fully saturated rings. The third-order valence-corrected chi connectivity index (χ3v) is 4.80. The number of hydrogen-bond acceptors (Lipinski definition) is 2. The largest absolute Gasteiger partial charge is 0.340 e. The molecule has 3 rings (SSSR count). The third kappa shape index (κ3) is 2.75. The monoisotopic (exact) mass is 275 g/mol. The van der Waals surface area contributed by atoms with Crippen LogP contribution < -0.4 is 5.32 Å². The molecule has 1 amide bonds. The number of amides is 1. The van der Waals surface area contributed by atoms with E-state index in [0.29, 0.717) is 12.0 Å². The molecule has 110 valence electrons. The predicted molar refractivity (Wildman–Crippen MR) is 79.9 cm³/mol. The number of carbonyl (C=O) groups is 1. The maximum absolute atomic E-state index is 12.6. The minimum Gasteiger partial charge on any atom is -0.340 e. The number of carbonyl (C=O) groups excluding carboxylic acids is 1. The fourth-order valence-electron chi connectivity index (χ4n) is 3.29. The molecule has 1 aliphatic carbocycles. The molecule has 0 unspecified atom stereocenters. The van der Waals surface area contributed by atoms with Crippen LogP contribution in [0.15, 0.2) is 18.3 Å². The van der Waals surface area contributed by atoms with Crippen LogP contribution in [0, 0.1) is 5.92 Å². The zero-order valence-corrected chi connectivity index (χ0v) is 12.3. The van der Waals surface area contributed by atoms with E-state index < -0.39 is 0 Å². The van der Waals surface area contributed by atoms with Crippen molar-refractivity contribution in [2.24, 2.45) is 5.92 Å². The highest BCUT2D eigenvalue weighted by Gasteiger charge is 2.25. The van der Waals surface area contributed by atoms with Gasteiger partial charge in [0.15, 0.2) is 0 Å². The topological polar surface area (TPSA) is 37.3 Å². The molecule has 1 N–H and O–H groups in total. The molecule has 1 aromatic heterocycles. The summed E-state index contributed by atoms with van der Waals surface area (Å²) in [5, 5.41) is 3.38. The molecule has 0 spiro atoms. The van der Waals surface area contributed by atoms with E-state index in [4.69, 9.17) is 0 Å². The average Bonchev–Trinajstić information content (AvgIpc) is 2.86. The van der Waals surface area contributed by atoms with Crippen LogP contribution in [0.3, 0.4) is 0 Å². The highest BCUT2D eigenvalue weighted by Crippen LogP contribution is 2.33. The van der Waals surface area contributed by atoms with Crippen molar-refractivity contribution in [3.05, 3.63) is 24.0 Å². The van der Waals surface area contributed by atoms with Gasteiger partial charge in [0, 0.05) is 25.8 Å². The van der Waals surface area contributed by atoms with Gasteiger partial charge >= 0.3 is 0 Å². The summed E-state index contributed by atoms with van der Waals surface area (Å²) in [5.41, 5.74) is 0.867. The van der Waals surface area contributed by atoms with Crippen LogP contribution in [0.2, 0.25) is 0 Å². The lowest BCUT2D eigenvalue weighted by Gasteiger charge is -2.31. The number of aromatic nitrogens is 1. The van der Waals surface area contributed by atoms with Gasteiger partial charge in [-0.3, -0.25) is 4.79 Å². The number of rotatable bonds is 4. The van der Waals surface area contributed by atoms with Gasteiger partial charge in [-0.25, -0.2) is 0 Å². The Balaban J connectivity index is 1.63. The zero-order chi connectivity index (χ0) is 13.9. The van der Waals surface area contributed by atoms with Gasteiger partial charge in [-0.15, -0.1) is 0 Å². The van der Waals surface area contributed by atoms with E-state index in [0.717, 1.165) is 25.3 Å². The van der Waals surface area contributed by atoms with Crippen molar-refractivity contribution in [1.29, 1.82) is 0 Å². The van der Waals surface area contributed by atoms with E-state index in [9.17, 15) is 4.79 Å². The first-order chi connectivity index (χ1) is 9.75. The lowest BCUT2D eigenvalue weighted by Crippen LogP contribution is -2.38.